The maximum Gasteiger partial charge on any atom is 0.737 e. The summed E-state index contributed by atoms with van der Waals surface area (Å²) in [5, 5.41) is 12.2. The van der Waals surface area contributed by atoms with E-state index in [-0.39, 0.29) is 35.3 Å². The van der Waals surface area contributed by atoms with Gasteiger partial charge in [-0.25, -0.2) is 4.79 Å². The Morgan fingerprint density at radius 2 is 1.89 bits per heavy atom. The van der Waals surface area contributed by atoms with Crippen LogP contribution in [0.25, 0.3) is 28.1 Å². The number of allylic oxidation sites excluding steroid dienone is 2. The van der Waals surface area contributed by atoms with Crippen molar-refractivity contribution in [3.63, 3.8) is 0 Å². The summed E-state index contributed by atoms with van der Waals surface area (Å²) in [5.41, 5.74) is 10.2. The van der Waals surface area contributed by atoms with Gasteiger partial charge in [-0.3, -0.25) is 9.48 Å². The molecule has 1 amide bonds. The number of hydrogen-bond acceptors (Lipinski definition) is 8. The van der Waals surface area contributed by atoms with Crippen molar-refractivity contribution in [1.82, 2.24) is 24.8 Å². The second-order valence-corrected chi connectivity index (χ2v) is 13.4. The smallest absolute Gasteiger partial charge is 0.497 e. The summed E-state index contributed by atoms with van der Waals surface area (Å²) in [6.45, 7) is 0.409. The van der Waals surface area contributed by atoms with Crippen LogP contribution in [0.15, 0.2) is 86.8 Å². The molecule has 12 nitrogen and oxygen atoms in total. The van der Waals surface area contributed by atoms with Gasteiger partial charge in [-0.05, 0) is 73.9 Å². The quantitative estimate of drug-likeness (QED) is 0.0839. The molecule has 0 atom stereocenters. The normalized spacial score (nSPS) is 14.7. The fourth-order valence-electron chi connectivity index (χ4n) is 6.98. The van der Waals surface area contributed by atoms with Crippen LogP contribution >= 0.6 is 11.6 Å². The zero-order chi connectivity index (χ0) is 37.4. The molecule has 0 radical (unpaired) electrons. The van der Waals surface area contributed by atoms with E-state index in [0.29, 0.717) is 83.2 Å². The molecule has 3 N–H and O–H groups in total. The Morgan fingerprint density at radius 3 is 2.66 bits per heavy atom. The first kappa shape index (κ1) is 35.7. The molecule has 0 saturated carbocycles. The van der Waals surface area contributed by atoms with Gasteiger partial charge in [0.05, 0.1) is 24.8 Å². The lowest BCUT2D eigenvalue weighted by molar-refractivity contribution is -0.362. The number of carbonyl (C=O) groups excluding carboxylic acids is 1. The fourth-order valence-corrected chi connectivity index (χ4v) is 7.23. The Hall–Kier alpha value is -5.70. The highest BCUT2D eigenvalue weighted by molar-refractivity contribution is 6.58. The molecule has 0 aliphatic carbocycles. The number of anilines is 1. The van der Waals surface area contributed by atoms with Gasteiger partial charge in [-0.2, -0.15) is 0 Å². The Bertz CT molecular complexity index is 2400. The van der Waals surface area contributed by atoms with Gasteiger partial charge >= 0.3 is 18.5 Å². The summed E-state index contributed by atoms with van der Waals surface area (Å²) >= 11 is 6.39. The zero-order valence-corrected chi connectivity index (χ0v) is 30.1. The number of carbonyl (C=O) groups is 1. The highest BCUT2D eigenvalue weighted by Gasteiger charge is 2.54. The number of nitrogens with zero attached hydrogens (tertiary/aromatic N) is 5. The first-order valence-corrected chi connectivity index (χ1v) is 17.6. The van der Waals surface area contributed by atoms with Gasteiger partial charge in [0.1, 0.15) is 16.5 Å². The number of hydrogen-bond donors (Lipinski definition) is 2. The number of nitrogen functional groups attached to an aromatic ring is 1. The second-order valence-electron chi connectivity index (χ2n) is 13.0. The molecule has 7 rings (SSSR count). The van der Waals surface area contributed by atoms with Crippen LogP contribution in [0.5, 0.6) is 11.7 Å². The van der Waals surface area contributed by atoms with Crippen molar-refractivity contribution in [3.8, 4) is 23.0 Å². The third kappa shape index (κ3) is 6.84. The number of nitrogens with two attached hydrogens (primary N) is 1. The van der Waals surface area contributed by atoms with Crippen molar-refractivity contribution in [3.05, 3.63) is 104 Å². The van der Waals surface area contributed by atoms with Crippen LogP contribution in [0.1, 0.15) is 44.5 Å². The summed E-state index contributed by atoms with van der Waals surface area (Å²) < 4.78 is 52.7. The van der Waals surface area contributed by atoms with Crippen LogP contribution in [0, 0.1) is 0 Å². The monoisotopic (exact) mass is 743 g/mol. The molecule has 0 fully saturated rings. The molecular weight excluding hydrogens is 707 g/mol. The molecule has 16 heteroatoms. The topological polar surface area (TPSA) is 142 Å². The molecule has 0 unspecified atom stereocenters. The van der Waals surface area contributed by atoms with Crippen molar-refractivity contribution in [2.24, 2.45) is 0 Å². The van der Waals surface area contributed by atoms with Crippen molar-refractivity contribution >= 4 is 52.7 Å². The Labute approximate surface area is 308 Å². The molecular formula is C37H37BClF2N7O5. The SMILES string of the molecule is COc1ccc(-c2ccc3n2[B-](F)(F)[N+]2=C(C)C(CCC(=O)NCCCn4cc(CCOc5oc(=O)c6cc(N)ccc6c5Cl)nn4)=C(C)C2=C3)cc1. The molecule has 0 bridgehead atoms. The van der Waals surface area contributed by atoms with E-state index in [1.807, 2.05) is 6.92 Å². The number of fused-ring (bicyclic) bond motifs is 3. The highest BCUT2D eigenvalue weighted by atomic mass is 35.5. The summed E-state index contributed by atoms with van der Waals surface area (Å²) in [4.78, 5) is 25.1. The number of aromatic nitrogens is 4. The summed E-state index contributed by atoms with van der Waals surface area (Å²) in [6.07, 6.45) is 5.05. The van der Waals surface area contributed by atoms with E-state index in [2.05, 4.69) is 15.6 Å². The first-order chi connectivity index (χ1) is 25.5. The third-order valence-electron chi connectivity index (χ3n) is 9.67. The van der Waals surface area contributed by atoms with Crippen LogP contribution in [0.2, 0.25) is 5.02 Å². The Balaban J connectivity index is 0.891. The van der Waals surface area contributed by atoms with Gasteiger partial charge in [-0.15, -0.1) is 5.10 Å². The number of benzene rings is 2. The standard InChI is InChI=1S/C37H37BClF2N7O5/c1-22-29(23(2)47-33(22)20-27-8-13-32(48(27)38(47,40)41)24-5-9-28(51-3)10-6-24)12-14-34(49)43-16-4-17-46-21-26(44-45-46)15-18-52-37-35(39)30-11-7-25(42)19-31(30)36(50)53-37/h5-11,13,19-21H,4,12,14-18,42H2,1-3H3,(H,43,49). The van der Waals surface area contributed by atoms with Gasteiger partial charge in [0.15, 0.2) is 5.70 Å². The maximum absolute atomic E-state index is 16.4. The van der Waals surface area contributed by atoms with E-state index in [9.17, 15) is 9.59 Å². The molecule has 53 heavy (non-hydrogen) atoms. The first-order valence-electron chi connectivity index (χ1n) is 17.2. The third-order valence-corrected chi connectivity index (χ3v) is 10.0. The summed E-state index contributed by atoms with van der Waals surface area (Å²) in [6, 6.07) is 15.3. The highest BCUT2D eigenvalue weighted by Crippen LogP contribution is 2.41. The molecule has 3 aromatic heterocycles. The molecule has 274 valence electrons. The molecule has 0 spiro atoms. The number of ether oxygens (including phenoxy) is 2. The number of amides is 1. The largest absolute Gasteiger partial charge is 0.737 e. The molecule has 5 aromatic rings. The fraction of sp³-hybridized carbons (Fsp3) is 0.270. The summed E-state index contributed by atoms with van der Waals surface area (Å²) in [5.74, 6) is 0.405. The van der Waals surface area contributed by atoms with Crippen molar-refractivity contribution in [2.75, 3.05) is 26.0 Å². The average Bonchev–Trinajstić information content (AvgIpc) is 3.85. The van der Waals surface area contributed by atoms with Gasteiger partial charge < -0.3 is 42.5 Å². The lowest BCUT2D eigenvalue weighted by Crippen LogP contribution is -2.50. The molecule has 0 saturated heterocycles. The van der Waals surface area contributed by atoms with Gasteiger partial charge in [0, 0.05) is 78.7 Å². The number of methoxy groups -OCH3 is 1. The van der Waals surface area contributed by atoms with Crippen LogP contribution in [0.3, 0.4) is 0 Å². The maximum atomic E-state index is 16.4. The predicted molar refractivity (Wildman–Crippen MR) is 199 cm³/mol. The number of rotatable bonds is 13. The number of halogens is 3. The number of nitrogens with one attached hydrogen (secondary N) is 1. The Morgan fingerprint density at radius 1 is 1.09 bits per heavy atom. The average molecular weight is 744 g/mol. The van der Waals surface area contributed by atoms with E-state index in [0.717, 1.165) is 20.1 Å². The second kappa shape index (κ2) is 14.4. The van der Waals surface area contributed by atoms with Crippen molar-refractivity contribution < 1.29 is 31.8 Å². The van der Waals surface area contributed by atoms with E-state index in [4.69, 9.17) is 31.2 Å². The molecule has 2 aromatic carbocycles. The minimum atomic E-state index is -4.19. The van der Waals surface area contributed by atoms with Crippen LogP contribution < -0.4 is 26.1 Å². The Kier molecular flexibility index (Phi) is 9.68. The molecule has 2 aliphatic heterocycles. The number of aryl methyl sites for hydroxylation is 1. The summed E-state index contributed by atoms with van der Waals surface area (Å²) in [7, 11) is 1.56. The lowest BCUT2D eigenvalue weighted by atomic mass is 9.89. The van der Waals surface area contributed by atoms with Gasteiger partial charge in [0.25, 0.3) is 0 Å². The van der Waals surface area contributed by atoms with Crippen LogP contribution in [-0.2, 0) is 17.8 Å². The lowest BCUT2D eigenvalue weighted by Gasteiger charge is -2.31. The van der Waals surface area contributed by atoms with E-state index in [1.54, 1.807) is 79.5 Å². The van der Waals surface area contributed by atoms with E-state index >= 15 is 8.63 Å². The van der Waals surface area contributed by atoms with E-state index in [1.165, 1.54) is 6.07 Å². The minimum Gasteiger partial charge on any atom is -0.497 e. The van der Waals surface area contributed by atoms with E-state index < -0.39 is 12.6 Å². The molecule has 2 aliphatic rings. The van der Waals surface area contributed by atoms with Crippen LogP contribution in [0.4, 0.5) is 14.3 Å². The van der Waals surface area contributed by atoms with Gasteiger partial charge in [-0.1, -0.05) is 22.9 Å². The van der Waals surface area contributed by atoms with Gasteiger partial charge in [0.2, 0.25) is 5.91 Å². The van der Waals surface area contributed by atoms with Crippen molar-refractivity contribution in [1.29, 1.82) is 0 Å². The molecule has 5 heterocycles. The zero-order valence-electron chi connectivity index (χ0n) is 29.4. The predicted octanol–water partition coefficient (Wildman–Crippen LogP) is 6.09. The van der Waals surface area contributed by atoms with Crippen molar-refractivity contribution in [2.45, 2.75) is 46.1 Å². The van der Waals surface area contributed by atoms with Crippen LogP contribution in [-0.4, -0.2) is 62.8 Å². The minimum absolute atomic E-state index is 0.0778.